The maximum Gasteiger partial charge on any atom is 0.274 e. The minimum Gasteiger partial charge on any atom is -0.356 e. The van der Waals surface area contributed by atoms with E-state index in [-0.39, 0.29) is 5.91 Å². The summed E-state index contributed by atoms with van der Waals surface area (Å²) in [5, 5.41) is 3.22. The zero-order valence-electron chi connectivity index (χ0n) is 9.98. The molecular weight excluding hydrogens is 216 g/mol. The van der Waals surface area contributed by atoms with Crippen molar-refractivity contribution in [3.05, 3.63) is 11.9 Å². The van der Waals surface area contributed by atoms with Crippen molar-refractivity contribution in [1.82, 2.24) is 14.5 Å². The second kappa shape index (κ2) is 4.39. The van der Waals surface area contributed by atoms with Gasteiger partial charge in [-0.1, -0.05) is 0 Å². The minimum absolute atomic E-state index is 0.0911. The quantitative estimate of drug-likeness (QED) is 0.797. The van der Waals surface area contributed by atoms with Gasteiger partial charge in [0.05, 0.1) is 0 Å². The van der Waals surface area contributed by atoms with Crippen LogP contribution in [0.2, 0.25) is 0 Å². The fourth-order valence-electron chi connectivity index (χ4n) is 2.54. The summed E-state index contributed by atoms with van der Waals surface area (Å²) in [6.07, 6.45) is 6.47. The number of carbonyl (C=O) groups is 1. The van der Waals surface area contributed by atoms with Gasteiger partial charge >= 0.3 is 0 Å². The van der Waals surface area contributed by atoms with Crippen molar-refractivity contribution >= 4 is 11.9 Å². The summed E-state index contributed by atoms with van der Waals surface area (Å²) in [6, 6.07) is 0. The number of hydrogen-bond acceptors (Lipinski definition) is 3. The highest BCUT2D eigenvalue weighted by Crippen LogP contribution is 2.17. The van der Waals surface area contributed by atoms with E-state index in [1.165, 1.54) is 6.42 Å². The highest BCUT2D eigenvalue weighted by molar-refractivity contribution is 5.92. The van der Waals surface area contributed by atoms with Crippen LogP contribution in [0.4, 0.5) is 5.95 Å². The Morgan fingerprint density at radius 1 is 1.18 bits per heavy atom. The molecule has 3 heterocycles. The summed E-state index contributed by atoms with van der Waals surface area (Å²) in [4.78, 5) is 18.6. The molecule has 0 saturated carbocycles. The van der Waals surface area contributed by atoms with Gasteiger partial charge in [0.25, 0.3) is 5.91 Å². The first-order valence-corrected chi connectivity index (χ1v) is 6.45. The van der Waals surface area contributed by atoms with Gasteiger partial charge in [0.2, 0.25) is 5.95 Å². The lowest BCUT2D eigenvalue weighted by Crippen LogP contribution is -2.35. The number of likely N-dealkylation sites (tertiary alicyclic amines) is 1. The zero-order chi connectivity index (χ0) is 11.7. The predicted octanol–water partition coefficient (Wildman–Crippen LogP) is 1.32. The molecule has 3 rings (SSSR count). The van der Waals surface area contributed by atoms with Crippen LogP contribution in [-0.4, -0.2) is 40.0 Å². The molecule has 1 fully saturated rings. The first-order chi connectivity index (χ1) is 8.34. The molecule has 1 amide bonds. The number of amides is 1. The van der Waals surface area contributed by atoms with Gasteiger partial charge < -0.3 is 14.8 Å². The van der Waals surface area contributed by atoms with E-state index in [1.54, 1.807) is 0 Å². The van der Waals surface area contributed by atoms with Crippen LogP contribution in [0.15, 0.2) is 6.20 Å². The van der Waals surface area contributed by atoms with Crippen molar-refractivity contribution in [3.8, 4) is 0 Å². The Bertz CT molecular complexity index is 397. The predicted molar refractivity (Wildman–Crippen MR) is 65.1 cm³/mol. The van der Waals surface area contributed by atoms with Gasteiger partial charge in [-0.3, -0.25) is 4.79 Å². The second-order valence-corrected chi connectivity index (χ2v) is 4.78. The van der Waals surface area contributed by atoms with Crippen LogP contribution >= 0.6 is 0 Å². The van der Waals surface area contributed by atoms with Gasteiger partial charge in [-0.15, -0.1) is 0 Å². The monoisotopic (exact) mass is 234 g/mol. The number of carbonyl (C=O) groups excluding carboxylic acids is 1. The number of nitrogens with zero attached hydrogens (tertiary/aromatic N) is 3. The van der Waals surface area contributed by atoms with Crippen LogP contribution in [0.3, 0.4) is 0 Å². The molecule has 2 aliphatic heterocycles. The van der Waals surface area contributed by atoms with E-state index < -0.39 is 0 Å². The molecule has 0 radical (unpaired) electrons. The average molecular weight is 234 g/mol. The van der Waals surface area contributed by atoms with Gasteiger partial charge in [0, 0.05) is 32.4 Å². The highest BCUT2D eigenvalue weighted by atomic mass is 16.2. The second-order valence-electron chi connectivity index (χ2n) is 4.78. The SMILES string of the molecule is O=C(c1cn2c(n1)NCCC2)N1CCCCC1. The summed E-state index contributed by atoms with van der Waals surface area (Å²) < 4.78 is 2.04. The first-order valence-electron chi connectivity index (χ1n) is 6.45. The van der Waals surface area contributed by atoms with E-state index in [4.69, 9.17) is 0 Å². The smallest absolute Gasteiger partial charge is 0.274 e. The number of piperidine rings is 1. The van der Waals surface area contributed by atoms with Gasteiger partial charge in [0.15, 0.2) is 0 Å². The largest absolute Gasteiger partial charge is 0.356 e. The topological polar surface area (TPSA) is 50.2 Å². The molecule has 0 atom stereocenters. The molecule has 5 heteroatoms. The molecule has 2 aliphatic rings. The zero-order valence-corrected chi connectivity index (χ0v) is 9.98. The van der Waals surface area contributed by atoms with Crippen molar-refractivity contribution in [2.45, 2.75) is 32.2 Å². The standard InChI is InChI=1S/C12H18N4O/c17-11(15-6-2-1-3-7-15)10-9-16-8-4-5-13-12(16)14-10/h9H,1-8H2,(H,13,14). The van der Waals surface area contributed by atoms with Crippen molar-refractivity contribution in [1.29, 1.82) is 0 Å². The third-order valence-electron chi connectivity index (χ3n) is 3.50. The molecular formula is C12H18N4O. The average Bonchev–Trinajstić information content (AvgIpc) is 2.82. The van der Waals surface area contributed by atoms with Gasteiger partial charge in [0.1, 0.15) is 5.69 Å². The van der Waals surface area contributed by atoms with Gasteiger partial charge in [-0.25, -0.2) is 4.98 Å². The maximum absolute atomic E-state index is 12.2. The molecule has 0 spiro atoms. The molecule has 1 N–H and O–H groups in total. The molecule has 1 aromatic rings. The van der Waals surface area contributed by atoms with Crippen LogP contribution in [0.1, 0.15) is 36.2 Å². The van der Waals surface area contributed by atoms with Crippen LogP contribution in [0, 0.1) is 0 Å². The summed E-state index contributed by atoms with van der Waals surface area (Å²) in [7, 11) is 0. The number of imidazole rings is 1. The van der Waals surface area contributed by atoms with E-state index in [1.807, 2.05) is 15.7 Å². The summed E-state index contributed by atoms with van der Waals surface area (Å²) >= 11 is 0. The first kappa shape index (κ1) is 10.6. The lowest BCUT2D eigenvalue weighted by molar-refractivity contribution is 0.0719. The number of aryl methyl sites for hydroxylation is 1. The summed E-state index contributed by atoms with van der Waals surface area (Å²) in [5.74, 6) is 0.935. The van der Waals surface area contributed by atoms with E-state index in [0.717, 1.165) is 51.4 Å². The van der Waals surface area contributed by atoms with Crippen molar-refractivity contribution in [2.24, 2.45) is 0 Å². The molecule has 0 aliphatic carbocycles. The van der Waals surface area contributed by atoms with E-state index >= 15 is 0 Å². The molecule has 0 bridgehead atoms. The Balaban J connectivity index is 1.78. The van der Waals surface area contributed by atoms with Gasteiger partial charge in [-0.05, 0) is 25.7 Å². The Morgan fingerprint density at radius 2 is 2.00 bits per heavy atom. The molecule has 0 aromatic carbocycles. The number of rotatable bonds is 1. The summed E-state index contributed by atoms with van der Waals surface area (Å²) in [6.45, 7) is 3.68. The van der Waals surface area contributed by atoms with Crippen LogP contribution < -0.4 is 5.32 Å². The van der Waals surface area contributed by atoms with Gasteiger partial charge in [-0.2, -0.15) is 0 Å². The molecule has 5 nitrogen and oxygen atoms in total. The minimum atomic E-state index is 0.0911. The van der Waals surface area contributed by atoms with Crippen LogP contribution in [0.5, 0.6) is 0 Å². The van der Waals surface area contributed by atoms with Crippen molar-refractivity contribution < 1.29 is 4.79 Å². The lowest BCUT2D eigenvalue weighted by atomic mass is 10.1. The molecule has 1 saturated heterocycles. The third-order valence-corrected chi connectivity index (χ3v) is 3.50. The Kier molecular flexibility index (Phi) is 2.74. The van der Waals surface area contributed by atoms with E-state index in [9.17, 15) is 4.79 Å². The molecule has 92 valence electrons. The molecule has 17 heavy (non-hydrogen) atoms. The fourth-order valence-corrected chi connectivity index (χ4v) is 2.54. The number of nitrogens with one attached hydrogen (secondary N) is 1. The maximum atomic E-state index is 12.2. The van der Waals surface area contributed by atoms with E-state index in [2.05, 4.69) is 10.3 Å². The summed E-state index contributed by atoms with van der Waals surface area (Å²) in [5.41, 5.74) is 0.594. The highest BCUT2D eigenvalue weighted by Gasteiger charge is 2.22. The number of anilines is 1. The molecule has 0 unspecified atom stereocenters. The Labute approximate surface area is 101 Å². The van der Waals surface area contributed by atoms with Crippen molar-refractivity contribution in [2.75, 3.05) is 25.0 Å². The number of fused-ring (bicyclic) bond motifs is 1. The Morgan fingerprint density at radius 3 is 2.76 bits per heavy atom. The third kappa shape index (κ3) is 2.01. The fraction of sp³-hybridized carbons (Fsp3) is 0.667. The van der Waals surface area contributed by atoms with Crippen LogP contribution in [0.25, 0.3) is 0 Å². The number of aromatic nitrogens is 2. The molecule has 1 aromatic heterocycles. The van der Waals surface area contributed by atoms with Crippen LogP contribution in [-0.2, 0) is 6.54 Å². The number of hydrogen-bond donors (Lipinski definition) is 1. The lowest BCUT2D eigenvalue weighted by Gasteiger charge is -2.25. The van der Waals surface area contributed by atoms with E-state index in [0.29, 0.717) is 5.69 Å². The van der Waals surface area contributed by atoms with Crippen molar-refractivity contribution in [3.63, 3.8) is 0 Å². The normalized spacial score (nSPS) is 19.6. The Hall–Kier alpha value is -1.52.